The minimum atomic E-state index is -4.11. The summed E-state index contributed by atoms with van der Waals surface area (Å²) in [5, 5.41) is 12.2. The Morgan fingerprint density at radius 2 is 1.80 bits per heavy atom. The summed E-state index contributed by atoms with van der Waals surface area (Å²) in [6.07, 6.45) is 1.40. The third kappa shape index (κ3) is 7.06. The van der Waals surface area contributed by atoms with E-state index in [1.54, 1.807) is 49.4 Å². The standard InChI is InChI=1S/C25H20BrIN2O5S/c1-3-33-23-14-17(12-18(15-28)25(30)29-20-8-6-19(26)7-9-20)13-22(27)24(23)34-35(31,32)21-10-4-16(2)5-11-21/h4-14H,3H2,1-2H3,(H,29,30)/b18-12-. The Hall–Kier alpha value is -2.88. The van der Waals surface area contributed by atoms with Crippen LogP contribution in [-0.2, 0) is 14.9 Å². The Labute approximate surface area is 226 Å². The molecule has 0 radical (unpaired) electrons. The molecule has 0 heterocycles. The van der Waals surface area contributed by atoms with E-state index in [4.69, 9.17) is 8.92 Å². The molecule has 0 aliphatic rings. The molecule has 0 aliphatic heterocycles. The Morgan fingerprint density at radius 1 is 1.14 bits per heavy atom. The smallest absolute Gasteiger partial charge is 0.339 e. The molecule has 35 heavy (non-hydrogen) atoms. The first-order valence-corrected chi connectivity index (χ1v) is 13.6. The zero-order valence-electron chi connectivity index (χ0n) is 18.7. The van der Waals surface area contributed by atoms with Crippen molar-refractivity contribution in [3.63, 3.8) is 0 Å². The van der Waals surface area contributed by atoms with Gasteiger partial charge in [-0.3, -0.25) is 4.79 Å². The van der Waals surface area contributed by atoms with Crippen molar-refractivity contribution in [1.29, 1.82) is 5.26 Å². The topological polar surface area (TPSA) is 105 Å². The average molecular weight is 667 g/mol. The largest absolute Gasteiger partial charge is 0.490 e. The molecule has 0 spiro atoms. The van der Waals surface area contributed by atoms with E-state index in [9.17, 15) is 18.5 Å². The molecular weight excluding hydrogens is 647 g/mol. The van der Waals surface area contributed by atoms with E-state index in [2.05, 4.69) is 21.2 Å². The van der Waals surface area contributed by atoms with E-state index in [0.717, 1.165) is 10.0 Å². The Balaban J connectivity index is 1.93. The van der Waals surface area contributed by atoms with Crippen molar-refractivity contribution in [2.24, 2.45) is 0 Å². The summed E-state index contributed by atoms with van der Waals surface area (Å²) in [5.74, 6) is -0.375. The van der Waals surface area contributed by atoms with Crippen molar-refractivity contribution in [1.82, 2.24) is 0 Å². The molecule has 0 fully saturated rings. The van der Waals surface area contributed by atoms with Gasteiger partial charge >= 0.3 is 10.1 Å². The van der Waals surface area contributed by atoms with Gasteiger partial charge in [-0.15, -0.1) is 0 Å². The number of amides is 1. The number of hydrogen-bond donors (Lipinski definition) is 1. The summed E-state index contributed by atoms with van der Waals surface area (Å²) < 4.78 is 38.0. The van der Waals surface area contributed by atoms with Crippen molar-refractivity contribution >= 4 is 66.3 Å². The summed E-state index contributed by atoms with van der Waals surface area (Å²) in [5.41, 5.74) is 1.80. The van der Waals surface area contributed by atoms with E-state index in [1.807, 2.05) is 35.6 Å². The number of benzene rings is 3. The zero-order valence-corrected chi connectivity index (χ0v) is 23.3. The van der Waals surface area contributed by atoms with Crippen molar-refractivity contribution in [2.75, 3.05) is 11.9 Å². The number of hydrogen-bond acceptors (Lipinski definition) is 6. The van der Waals surface area contributed by atoms with Crippen LogP contribution in [0.3, 0.4) is 0 Å². The van der Waals surface area contributed by atoms with Gasteiger partial charge in [-0.25, -0.2) is 0 Å². The van der Waals surface area contributed by atoms with Gasteiger partial charge in [0.1, 0.15) is 16.5 Å². The molecule has 0 bridgehead atoms. The first kappa shape index (κ1) is 26.7. The average Bonchev–Trinajstić information content (AvgIpc) is 2.81. The first-order valence-electron chi connectivity index (χ1n) is 10.3. The highest BCUT2D eigenvalue weighted by atomic mass is 127. The lowest BCUT2D eigenvalue weighted by molar-refractivity contribution is -0.112. The number of nitrogens with zero attached hydrogens (tertiary/aromatic N) is 1. The predicted octanol–water partition coefficient (Wildman–Crippen LogP) is 6.07. The fraction of sp³-hybridized carbons (Fsp3) is 0.120. The first-order chi connectivity index (χ1) is 16.6. The highest BCUT2D eigenvalue weighted by Crippen LogP contribution is 2.37. The van der Waals surface area contributed by atoms with Gasteiger partial charge in [0, 0.05) is 10.2 Å². The number of carbonyl (C=O) groups is 1. The van der Waals surface area contributed by atoms with Crippen molar-refractivity contribution in [3.05, 3.63) is 85.4 Å². The maximum atomic E-state index is 12.8. The molecule has 0 aromatic heterocycles. The molecule has 1 N–H and O–H groups in total. The van der Waals surface area contributed by atoms with Crippen LogP contribution in [0.1, 0.15) is 18.1 Å². The number of halogens is 2. The quantitative estimate of drug-likeness (QED) is 0.135. The Kier molecular flexibility index (Phi) is 8.93. The molecular formula is C25H20BrIN2O5S. The van der Waals surface area contributed by atoms with E-state index < -0.39 is 16.0 Å². The lowest BCUT2D eigenvalue weighted by Gasteiger charge is -2.15. The van der Waals surface area contributed by atoms with Gasteiger partial charge in [0.2, 0.25) is 0 Å². The third-order valence-corrected chi connectivity index (χ3v) is 7.18. The maximum absolute atomic E-state index is 12.8. The van der Waals surface area contributed by atoms with Crippen molar-refractivity contribution in [3.8, 4) is 17.6 Å². The molecule has 0 atom stereocenters. The van der Waals surface area contributed by atoms with Crippen LogP contribution in [0, 0.1) is 21.8 Å². The highest BCUT2D eigenvalue weighted by molar-refractivity contribution is 14.1. The second-order valence-corrected chi connectivity index (χ2v) is 10.9. The monoisotopic (exact) mass is 666 g/mol. The summed E-state index contributed by atoms with van der Waals surface area (Å²) in [4.78, 5) is 12.6. The molecule has 7 nitrogen and oxygen atoms in total. The van der Waals surface area contributed by atoms with Crippen molar-refractivity contribution < 1.29 is 22.1 Å². The van der Waals surface area contributed by atoms with Crippen molar-refractivity contribution in [2.45, 2.75) is 18.7 Å². The molecule has 3 aromatic rings. The van der Waals surface area contributed by atoms with Gasteiger partial charge in [-0.2, -0.15) is 13.7 Å². The fourth-order valence-electron chi connectivity index (χ4n) is 2.92. The summed E-state index contributed by atoms with van der Waals surface area (Å²) in [6, 6.07) is 18.3. The molecule has 10 heteroatoms. The molecule has 0 saturated carbocycles. The second-order valence-electron chi connectivity index (χ2n) is 7.24. The van der Waals surface area contributed by atoms with Gasteiger partial charge < -0.3 is 14.2 Å². The molecule has 1 amide bonds. The second kappa shape index (κ2) is 11.7. The minimum Gasteiger partial charge on any atom is -0.490 e. The number of nitrogens with one attached hydrogen (secondary N) is 1. The molecule has 0 unspecified atom stereocenters. The van der Waals surface area contributed by atoms with Crippen LogP contribution in [0.15, 0.2) is 75.6 Å². The number of nitriles is 1. The van der Waals surface area contributed by atoms with Crippen LogP contribution in [0.5, 0.6) is 11.5 Å². The Morgan fingerprint density at radius 3 is 2.40 bits per heavy atom. The number of aryl methyl sites for hydroxylation is 1. The van der Waals surface area contributed by atoms with Crippen LogP contribution >= 0.6 is 38.5 Å². The van der Waals surface area contributed by atoms with Crippen LogP contribution in [-0.4, -0.2) is 20.9 Å². The van der Waals surface area contributed by atoms with Crippen LogP contribution in [0.2, 0.25) is 0 Å². The lowest BCUT2D eigenvalue weighted by Crippen LogP contribution is -2.13. The van der Waals surface area contributed by atoms with Gasteiger partial charge in [0.25, 0.3) is 5.91 Å². The van der Waals surface area contributed by atoms with E-state index in [-0.39, 0.29) is 28.6 Å². The highest BCUT2D eigenvalue weighted by Gasteiger charge is 2.22. The number of anilines is 1. The minimum absolute atomic E-state index is 0.0155. The van der Waals surface area contributed by atoms with Gasteiger partial charge in [0.05, 0.1) is 10.2 Å². The normalized spacial score (nSPS) is 11.5. The number of carbonyl (C=O) groups excluding carboxylic acids is 1. The molecule has 0 aliphatic carbocycles. The number of rotatable bonds is 8. The summed E-state index contributed by atoms with van der Waals surface area (Å²) in [6.45, 7) is 3.85. The maximum Gasteiger partial charge on any atom is 0.339 e. The zero-order chi connectivity index (χ0) is 25.6. The molecule has 0 saturated heterocycles. The van der Waals surface area contributed by atoms with E-state index in [1.165, 1.54) is 24.3 Å². The molecule has 3 aromatic carbocycles. The van der Waals surface area contributed by atoms with E-state index >= 15 is 0 Å². The summed E-state index contributed by atoms with van der Waals surface area (Å²) >= 11 is 5.25. The number of ether oxygens (including phenoxy) is 1. The van der Waals surface area contributed by atoms with E-state index in [0.29, 0.717) is 14.8 Å². The van der Waals surface area contributed by atoms with Crippen LogP contribution < -0.4 is 14.2 Å². The summed E-state index contributed by atoms with van der Waals surface area (Å²) in [7, 11) is -4.11. The predicted molar refractivity (Wildman–Crippen MR) is 146 cm³/mol. The SMILES string of the molecule is CCOc1cc(/C=C(/C#N)C(=O)Nc2ccc(Br)cc2)cc(I)c1OS(=O)(=O)c1ccc(C)cc1. The lowest BCUT2D eigenvalue weighted by atomic mass is 10.1. The van der Waals surface area contributed by atoms with Gasteiger partial charge in [0.15, 0.2) is 11.5 Å². The fourth-order valence-corrected chi connectivity index (χ4v) is 5.03. The van der Waals surface area contributed by atoms with Crippen LogP contribution in [0.25, 0.3) is 6.08 Å². The van der Waals surface area contributed by atoms with Gasteiger partial charge in [-0.1, -0.05) is 33.6 Å². The molecule has 180 valence electrons. The molecule has 3 rings (SSSR count). The van der Waals surface area contributed by atoms with Crippen LogP contribution in [0.4, 0.5) is 5.69 Å². The Bertz CT molecular complexity index is 1410. The van der Waals surface area contributed by atoms with Gasteiger partial charge in [-0.05, 0) is 96.6 Å². The third-order valence-electron chi connectivity index (χ3n) is 4.61.